The van der Waals surface area contributed by atoms with Crippen molar-refractivity contribution >= 4 is 11.9 Å². The topological polar surface area (TPSA) is 110 Å². The van der Waals surface area contributed by atoms with E-state index in [1.807, 2.05) is 0 Å². The molecule has 0 bridgehead atoms. The highest BCUT2D eigenvalue weighted by molar-refractivity contribution is 6.27. The minimum Gasteiger partial charge on any atom is -0.473 e. The Morgan fingerprint density at radius 1 is 1.36 bits per heavy atom. The van der Waals surface area contributed by atoms with Gasteiger partial charge in [-0.05, 0) is 19.4 Å². The smallest absolute Gasteiger partial charge is 0.414 e. The number of hydrogen-bond acceptors (Lipinski definition) is 4. The van der Waals surface area contributed by atoms with E-state index in [1.54, 1.807) is 0 Å². The molecule has 0 spiro atoms. The van der Waals surface area contributed by atoms with Crippen LogP contribution in [0.5, 0.6) is 0 Å². The quantitative estimate of drug-likeness (QED) is 0.461. The minimum atomic E-state index is -1.82. The molecule has 0 aliphatic carbocycles. The van der Waals surface area contributed by atoms with Crippen LogP contribution in [0.4, 0.5) is 0 Å². The molecular formula is C8H12N2O4. The number of nitrogens with zero attached hydrogens (tertiary/aromatic N) is 1. The SMILES string of the molecule is N#CC1CCCNC1.O=C(O)C(=O)O. The highest BCUT2D eigenvalue weighted by Gasteiger charge is 2.09. The summed E-state index contributed by atoms with van der Waals surface area (Å²) in [5.74, 6) is -3.37. The Kier molecular flexibility index (Phi) is 6.07. The molecular weight excluding hydrogens is 188 g/mol. The van der Waals surface area contributed by atoms with Crippen molar-refractivity contribution in [3.05, 3.63) is 0 Å². The molecule has 0 aromatic carbocycles. The predicted molar refractivity (Wildman–Crippen MR) is 46.5 cm³/mol. The van der Waals surface area contributed by atoms with Gasteiger partial charge in [0.2, 0.25) is 0 Å². The third-order valence-electron chi connectivity index (χ3n) is 1.66. The number of piperidine rings is 1. The molecule has 1 atom stereocenters. The van der Waals surface area contributed by atoms with Gasteiger partial charge in [-0.25, -0.2) is 9.59 Å². The van der Waals surface area contributed by atoms with Crippen LogP contribution in [0.2, 0.25) is 0 Å². The van der Waals surface area contributed by atoms with Gasteiger partial charge < -0.3 is 15.5 Å². The van der Waals surface area contributed by atoms with Crippen LogP contribution in [0, 0.1) is 17.2 Å². The summed E-state index contributed by atoms with van der Waals surface area (Å²) in [5.41, 5.74) is 0. The summed E-state index contributed by atoms with van der Waals surface area (Å²) in [7, 11) is 0. The Labute approximate surface area is 81.1 Å². The molecule has 3 N–H and O–H groups in total. The maximum absolute atomic E-state index is 9.10. The van der Waals surface area contributed by atoms with Gasteiger partial charge in [0.1, 0.15) is 0 Å². The molecule has 14 heavy (non-hydrogen) atoms. The van der Waals surface area contributed by atoms with Crippen LogP contribution in [0.1, 0.15) is 12.8 Å². The lowest BCUT2D eigenvalue weighted by molar-refractivity contribution is -0.159. The lowest BCUT2D eigenvalue weighted by Gasteiger charge is -2.15. The van der Waals surface area contributed by atoms with Crippen molar-refractivity contribution in [3.63, 3.8) is 0 Å². The van der Waals surface area contributed by atoms with Gasteiger partial charge in [-0.2, -0.15) is 5.26 Å². The van der Waals surface area contributed by atoms with E-state index in [0.29, 0.717) is 0 Å². The van der Waals surface area contributed by atoms with Crippen LogP contribution < -0.4 is 5.32 Å². The zero-order valence-electron chi connectivity index (χ0n) is 7.56. The molecule has 6 heteroatoms. The van der Waals surface area contributed by atoms with Crippen molar-refractivity contribution in [1.82, 2.24) is 5.32 Å². The van der Waals surface area contributed by atoms with Crippen molar-refractivity contribution in [1.29, 1.82) is 5.26 Å². The van der Waals surface area contributed by atoms with E-state index in [-0.39, 0.29) is 5.92 Å². The van der Waals surface area contributed by atoms with Gasteiger partial charge in [0.25, 0.3) is 0 Å². The summed E-state index contributed by atoms with van der Waals surface area (Å²) in [6, 6.07) is 2.24. The van der Waals surface area contributed by atoms with Crippen molar-refractivity contribution in [2.75, 3.05) is 13.1 Å². The summed E-state index contributed by atoms with van der Waals surface area (Å²) >= 11 is 0. The van der Waals surface area contributed by atoms with Gasteiger partial charge in [-0.3, -0.25) is 0 Å². The Hall–Kier alpha value is -1.61. The summed E-state index contributed by atoms with van der Waals surface area (Å²) < 4.78 is 0. The van der Waals surface area contributed by atoms with Gasteiger partial charge in [0, 0.05) is 6.54 Å². The second kappa shape index (κ2) is 6.86. The third-order valence-corrected chi connectivity index (χ3v) is 1.66. The zero-order valence-corrected chi connectivity index (χ0v) is 7.56. The van der Waals surface area contributed by atoms with Crippen molar-refractivity contribution in [2.24, 2.45) is 5.92 Å². The van der Waals surface area contributed by atoms with Gasteiger partial charge >= 0.3 is 11.9 Å². The fourth-order valence-corrected chi connectivity index (χ4v) is 0.962. The molecule has 1 saturated heterocycles. The second-order valence-electron chi connectivity index (χ2n) is 2.78. The first-order valence-corrected chi connectivity index (χ1v) is 4.14. The van der Waals surface area contributed by atoms with Crippen LogP contribution in [-0.4, -0.2) is 35.2 Å². The van der Waals surface area contributed by atoms with E-state index in [2.05, 4.69) is 11.4 Å². The van der Waals surface area contributed by atoms with E-state index < -0.39 is 11.9 Å². The second-order valence-corrected chi connectivity index (χ2v) is 2.78. The minimum absolute atomic E-state index is 0.281. The van der Waals surface area contributed by atoms with Crippen LogP contribution in [0.3, 0.4) is 0 Å². The number of rotatable bonds is 0. The Balaban J connectivity index is 0.000000255. The first-order chi connectivity index (χ1) is 6.57. The Morgan fingerprint density at radius 3 is 2.14 bits per heavy atom. The van der Waals surface area contributed by atoms with E-state index in [4.69, 9.17) is 25.1 Å². The number of carbonyl (C=O) groups is 2. The normalized spacial score (nSPS) is 19.8. The Morgan fingerprint density at radius 2 is 1.93 bits per heavy atom. The average Bonchev–Trinajstić information content (AvgIpc) is 2.20. The van der Waals surface area contributed by atoms with Gasteiger partial charge in [-0.1, -0.05) is 0 Å². The summed E-state index contributed by atoms with van der Waals surface area (Å²) in [6.07, 6.45) is 2.25. The first kappa shape index (κ1) is 12.4. The zero-order chi connectivity index (χ0) is 11.0. The lowest BCUT2D eigenvalue weighted by Crippen LogP contribution is -2.28. The molecule has 78 valence electrons. The van der Waals surface area contributed by atoms with Gasteiger partial charge in [0.05, 0.1) is 12.0 Å². The fourth-order valence-electron chi connectivity index (χ4n) is 0.962. The van der Waals surface area contributed by atoms with Crippen molar-refractivity contribution in [2.45, 2.75) is 12.8 Å². The predicted octanol–water partition coefficient (Wildman–Crippen LogP) is -0.335. The summed E-state index contributed by atoms with van der Waals surface area (Å²) in [6.45, 7) is 1.99. The molecule has 1 fully saturated rings. The molecule has 0 amide bonds. The van der Waals surface area contributed by atoms with E-state index in [0.717, 1.165) is 25.9 Å². The van der Waals surface area contributed by atoms with Crippen LogP contribution >= 0.6 is 0 Å². The van der Waals surface area contributed by atoms with Crippen molar-refractivity contribution in [3.8, 4) is 6.07 Å². The number of nitrogens with one attached hydrogen (secondary N) is 1. The summed E-state index contributed by atoms with van der Waals surface area (Å²) in [4.78, 5) is 18.2. The summed E-state index contributed by atoms with van der Waals surface area (Å²) in [5, 5.41) is 26.3. The molecule has 1 heterocycles. The number of carboxylic acids is 2. The average molecular weight is 200 g/mol. The van der Waals surface area contributed by atoms with E-state index >= 15 is 0 Å². The fraction of sp³-hybridized carbons (Fsp3) is 0.625. The van der Waals surface area contributed by atoms with Gasteiger partial charge in [-0.15, -0.1) is 0 Å². The molecule has 1 rings (SSSR count). The number of carboxylic acid groups (broad SMARTS) is 2. The number of nitriles is 1. The van der Waals surface area contributed by atoms with Crippen LogP contribution in [0.15, 0.2) is 0 Å². The largest absolute Gasteiger partial charge is 0.473 e. The molecule has 0 saturated carbocycles. The highest BCUT2D eigenvalue weighted by atomic mass is 16.4. The molecule has 0 aromatic heterocycles. The maximum atomic E-state index is 9.10. The standard InChI is InChI=1S/C6H10N2.C2H2O4/c7-4-6-2-1-3-8-5-6;3-1(4)2(5)6/h6,8H,1-3,5H2;(H,3,4)(H,5,6). The Bertz CT molecular complexity index is 228. The van der Waals surface area contributed by atoms with Crippen LogP contribution in [-0.2, 0) is 9.59 Å². The molecule has 1 unspecified atom stereocenters. The molecule has 1 aliphatic heterocycles. The van der Waals surface area contributed by atoms with E-state index in [1.165, 1.54) is 0 Å². The number of aliphatic carboxylic acids is 2. The molecule has 1 aliphatic rings. The van der Waals surface area contributed by atoms with E-state index in [9.17, 15) is 0 Å². The lowest BCUT2D eigenvalue weighted by atomic mass is 10.0. The van der Waals surface area contributed by atoms with Crippen LogP contribution in [0.25, 0.3) is 0 Å². The van der Waals surface area contributed by atoms with Crippen molar-refractivity contribution < 1.29 is 19.8 Å². The molecule has 0 radical (unpaired) electrons. The first-order valence-electron chi connectivity index (χ1n) is 4.14. The highest BCUT2D eigenvalue weighted by Crippen LogP contribution is 2.06. The van der Waals surface area contributed by atoms with Gasteiger partial charge in [0.15, 0.2) is 0 Å². The monoisotopic (exact) mass is 200 g/mol. The molecule has 0 aromatic rings. The molecule has 6 nitrogen and oxygen atoms in total. The maximum Gasteiger partial charge on any atom is 0.414 e. The number of hydrogen-bond donors (Lipinski definition) is 3. The third kappa shape index (κ3) is 5.97.